The normalized spacial score (nSPS) is 12.1. The lowest BCUT2D eigenvalue weighted by Crippen LogP contribution is -2.30. The van der Waals surface area contributed by atoms with E-state index < -0.39 is 6.10 Å². The van der Waals surface area contributed by atoms with Crippen molar-refractivity contribution in [2.75, 3.05) is 13.2 Å². The Balaban J connectivity index is 4.34. The first-order valence-corrected chi connectivity index (χ1v) is 23.3. The van der Waals surface area contributed by atoms with E-state index >= 15 is 0 Å². The number of ether oxygens (including phenoxy) is 3. The molecule has 0 radical (unpaired) electrons. The van der Waals surface area contributed by atoms with Gasteiger partial charge in [0.15, 0.2) is 6.10 Å². The molecule has 0 amide bonds. The van der Waals surface area contributed by atoms with Crippen LogP contribution in [-0.4, -0.2) is 37.2 Å². The molecule has 0 aromatic rings. The van der Waals surface area contributed by atoms with E-state index in [4.69, 9.17) is 14.2 Å². The van der Waals surface area contributed by atoms with Gasteiger partial charge in [-0.1, -0.05) is 186 Å². The van der Waals surface area contributed by atoms with Crippen LogP contribution in [0.1, 0.15) is 245 Å². The van der Waals surface area contributed by atoms with Crippen molar-refractivity contribution >= 4 is 17.9 Å². The summed E-state index contributed by atoms with van der Waals surface area (Å²) < 4.78 is 16.7. The number of carbonyl (C=O) groups is 3. The molecule has 1 unspecified atom stereocenters. The number of hydrogen-bond acceptors (Lipinski definition) is 6. The van der Waals surface area contributed by atoms with Crippen molar-refractivity contribution in [3.63, 3.8) is 0 Å². The molecule has 0 aromatic heterocycles. The average Bonchev–Trinajstić information content (AvgIpc) is 3.17. The molecule has 0 aliphatic carbocycles. The number of rotatable bonds is 42. The Morgan fingerprint density at radius 3 is 1.02 bits per heavy atom. The second-order valence-electron chi connectivity index (χ2n) is 15.7. The third-order valence-corrected chi connectivity index (χ3v) is 10.2. The van der Waals surface area contributed by atoms with Gasteiger partial charge in [0.05, 0.1) is 0 Å². The van der Waals surface area contributed by atoms with Crippen molar-refractivity contribution in [1.29, 1.82) is 0 Å². The van der Waals surface area contributed by atoms with Crippen molar-refractivity contribution in [3.8, 4) is 0 Å². The molecule has 0 fully saturated rings. The average molecular weight is 761 g/mol. The minimum absolute atomic E-state index is 0.0791. The van der Waals surface area contributed by atoms with E-state index in [2.05, 4.69) is 45.1 Å². The van der Waals surface area contributed by atoms with Crippen molar-refractivity contribution < 1.29 is 28.6 Å². The highest BCUT2D eigenvalue weighted by Crippen LogP contribution is 2.15. The smallest absolute Gasteiger partial charge is 0.306 e. The van der Waals surface area contributed by atoms with Crippen molar-refractivity contribution in [2.24, 2.45) is 0 Å². The number of hydrogen-bond donors (Lipinski definition) is 0. The highest BCUT2D eigenvalue weighted by Gasteiger charge is 2.19. The fourth-order valence-corrected chi connectivity index (χ4v) is 6.62. The van der Waals surface area contributed by atoms with Gasteiger partial charge in [0, 0.05) is 19.3 Å². The Morgan fingerprint density at radius 2 is 0.630 bits per heavy atom. The van der Waals surface area contributed by atoms with E-state index in [0.29, 0.717) is 19.3 Å². The molecule has 0 aromatic carbocycles. The maximum Gasteiger partial charge on any atom is 0.306 e. The Kier molecular flexibility index (Phi) is 41.9. The van der Waals surface area contributed by atoms with Crippen LogP contribution in [0.25, 0.3) is 0 Å². The molecule has 1 atom stereocenters. The maximum atomic E-state index is 12.7. The molecule has 0 aliphatic rings. The quantitative estimate of drug-likeness (QED) is 0.0267. The Labute approximate surface area is 334 Å². The molecule has 0 saturated heterocycles. The second-order valence-corrected chi connectivity index (χ2v) is 15.7. The first-order valence-electron chi connectivity index (χ1n) is 23.3. The summed E-state index contributed by atoms with van der Waals surface area (Å²) in [5.74, 6) is -0.915. The van der Waals surface area contributed by atoms with E-state index in [9.17, 15) is 14.4 Å². The maximum absolute atomic E-state index is 12.7. The summed E-state index contributed by atoms with van der Waals surface area (Å²) in [6, 6.07) is 0. The van der Waals surface area contributed by atoms with Crippen molar-refractivity contribution in [2.45, 2.75) is 252 Å². The molecule has 0 aliphatic heterocycles. The Bertz CT molecular complexity index is 880. The molecule has 0 heterocycles. The van der Waals surface area contributed by atoms with Gasteiger partial charge in [-0.15, -0.1) is 0 Å². The fourth-order valence-electron chi connectivity index (χ4n) is 6.62. The fraction of sp³-hybridized carbons (Fsp3) is 0.854. The van der Waals surface area contributed by atoms with Crippen LogP contribution in [0.15, 0.2) is 24.3 Å². The van der Waals surface area contributed by atoms with Gasteiger partial charge in [-0.25, -0.2) is 0 Å². The number of allylic oxidation sites excluding steroid dienone is 4. The van der Waals surface area contributed by atoms with Crippen LogP contribution >= 0.6 is 0 Å². The number of esters is 3. The van der Waals surface area contributed by atoms with E-state index in [1.165, 1.54) is 148 Å². The lowest BCUT2D eigenvalue weighted by Gasteiger charge is -2.18. The predicted octanol–water partition coefficient (Wildman–Crippen LogP) is 14.8. The lowest BCUT2D eigenvalue weighted by molar-refractivity contribution is -0.167. The van der Waals surface area contributed by atoms with Gasteiger partial charge in [0.2, 0.25) is 0 Å². The molecule has 54 heavy (non-hydrogen) atoms. The molecule has 6 nitrogen and oxygen atoms in total. The van der Waals surface area contributed by atoms with Crippen LogP contribution in [0, 0.1) is 0 Å². The molecule has 316 valence electrons. The molecule has 6 heteroatoms. The first-order chi connectivity index (χ1) is 26.5. The number of carbonyl (C=O) groups excluding carboxylic acids is 3. The zero-order chi connectivity index (χ0) is 39.4. The van der Waals surface area contributed by atoms with Crippen LogP contribution in [0.5, 0.6) is 0 Å². The summed E-state index contributed by atoms with van der Waals surface area (Å²) in [4.78, 5) is 37.7. The van der Waals surface area contributed by atoms with Crippen LogP contribution in [0.3, 0.4) is 0 Å². The lowest BCUT2D eigenvalue weighted by atomic mass is 10.0. The standard InChI is InChI=1S/C48H88O6/c1-4-7-10-13-16-19-21-23-24-25-27-29-32-35-38-41-47(50)53-44-45(43-52-46(49)40-37-34-31-28-18-15-12-9-6-3)54-48(51)42-39-36-33-30-26-22-20-17-14-11-8-5-2/h19,21,28,31,45H,4-18,20,22-27,29-30,32-44H2,1-3H3/b21-19-,31-28-. The van der Waals surface area contributed by atoms with E-state index in [1.54, 1.807) is 0 Å². The molecule has 0 bridgehead atoms. The molecule has 0 spiro atoms. The summed E-state index contributed by atoms with van der Waals surface area (Å²) in [6.07, 6.45) is 47.4. The minimum Gasteiger partial charge on any atom is -0.462 e. The van der Waals surface area contributed by atoms with Gasteiger partial charge >= 0.3 is 17.9 Å². The molecular weight excluding hydrogens is 673 g/mol. The van der Waals surface area contributed by atoms with E-state index in [-0.39, 0.29) is 31.1 Å². The SMILES string of the molecule is CCCCCC/C=C\CCCCCCCCCC(=O)OCC(COC(=O)CCC/C=C\CCCCCC)OC(=O)CCCCCCCCCCCCCC. The van der Waals surface area contributed by atoms with Crippen LogP contribution < -0.4 is 0 Å². The van der Waals surface area contributed by atoms with Gasteiger partial charge < -0.3 is 14.2 Å². The highest BCUT2D eigenvalue weighted by atomic mass is 16.6. The largest absolute Gasteiger partial charge is 0.462 e. The van der Waals surface area contributed by atoms with Gasteiger partial charge in [-0.2, -0.15) is 0 Å². The summed E-state index contributed by atoms with van der Waals surface area (Å²) in [5.41, 5.74) is 0. The molecule has 0 rings (SSSR count). The van der Waals surface area contributed by atoms with Gasteiger partial charge in [0.1, 0.15) is 13.2 Å². The topological polar surface area (TPSA) is 78.9 Å². The first kappa shape index (κ1) is 51.9. The monoisotopic (exact) mass is 761 g/mol. The predicted molar refractivity (Wildman–Crippen MR) is 229 cm³/mol. The Morgan fingerprint density at radius 1 is 0.352 bits per heavy atom. The zero-order valence-corrected chi connectivity index (χ0v) is 36.0. The summed E-state index contributed by atoms with van der Waals surface area (Å²) in [5, 5.41) is 0. The number of unbranched alkanes of at least 4 members (excludes halogenated alkanes) is 27. The van der Waals surface area contributed by atoms with E-state index in [0.717, 1.165) is 57.8 Å². The van der Waals surface area contributed by atoms with Crippen LogP contribution in [-0.2, 0) is 28.6 Å². The second kappa shape index (κ2) is 43.6. The third-order valence-electron chi connectivity index (χ3n) is 10.2. The van der Waals surface area contributed by atoms with Crippen molar-refractivity contribution in [1.82, 2.24) is 0 Å². The van der Waals surface area contributed by atoms with Gasteiger partial charge in [-0.3, -0.25) is 14.4 Å². The van der Waals surface area contributed by atoms with Crippen molar-refractivity contribution in [3.05, 3.63) is 24.3 Å². The summed E-state index contributed by atoms with van der Waals surface area (Å²) in [7, 11) is 0. The molecule has 0 saturated carbocycles. The summed E-state index contributed by atoms with van der Waals surface area (Å²) in [6.45, 7) is 6.56. The van der Waals surface area contributed by atoms with Crippen LogP contribution in [0.4, 0.5) is 0 Å². The zero-order valence-electron chi connectivity index (χ0n) is 36.0. The van der Waals surface area contributed by atoms with Gasteiger partial charge in [0.25, 0.3) is 0 Å². The van der Waals surface area contributed by atoms with Crippen LogP contribution in [0.2, 0.25) is 0 Å². The third kappa shape index (κ3) is 41.1. The minimum atomic E-state index is -0.776. The molecule has 0 N–H and O–H groups in total. The highest BCUT2D eigenvalue weighted by molar-refractivity contribution is 5.71. The molecular formula is C48H88O6. The Hall–Kier alpha value is -2.11. The van der Waals surface area contributed by atoms with E-state index in [1.807, 2.05) is 0 Å². The summed E-state index contributed by atoms with van der Waals surface area (Å²) >= 11 is 0. The van der Waals surface area contributed by atoms with Gasteiger partial charge in [-0.05, 0) is 64.2 Å².